The van der Waals surface area contributed by atoms with E-state index < -0.39 is 51.9 Å². The van der Waals surface area contributed by atoms with Crippen LogP contribution >= 0.6 is 56.7 Å². The summed E-state index contributed by atoms with van der Waals surface area (Å²) in [6.45, 7) is 19.7. The molecule has 728 valence electrons. The molecule has 4 aliphatic heterocycles. The van der Waals surface area contributed by atoms with Gasteiger partial charge in [0.2, 0.25) is 0 Å². The molecule has 5 saturated carbocycles. The SMILES string of the molecule is CC(C)(C)OC(=O)Nc1cc(N)ncn1.Cc1cc(Br)c(=O)[nH]c1C(N)=O.Cc1cc(Br)c(=O)n2c1C(=O)NC21CCCCC1.Cc1cc(Nc2cc(N)ncn2)c(=O)n2c1C(=O)NC21CCCCC1.Cc1cc(Nc2cc(N)ncn2)c(=O)n2c1C(=O)NC21CCCCC1.Cc1cc(Nc2cc(NC(=O)OC(C)(C)C)ncn2)c(=O)n2c1C(=O)NC21CCCCC1.Cl.Cl.O=C1CCCCC1. The van der Waals surface area contributed by atoms with Crippen molar-refractivity contribution < 1.29 is 47.8 Å². The Kier molecular flexibility index (Phi) is 34.1. The number of Topliss-reactive ketones (excluding diaryl/α,β-unsaturated/α-hetero) is 1. The normalized spacial score (nSPS) is 16.6. The monoisotopic (exact) mass is 2040 g/mol. The molecule has 136 heavy (non-hydrogen) atoms. The number of nitrogens with zero attached hydrogens (tertiary/aromatic N) is 12. The Labute approximate surface area is 811 Å². The summed E-state index contributed by atoms with van der Waals surface area (Å²) < 4.78 is 17.8. The Morgan fingerprint density at radius 3 is 0.941 bits per heavy atom. The van der Waals surface area contributed by atoms with E-state index in [0.717, 1.165) is 164 Å². The summed E-state index contributed by atoms with van der Waals surface area (Å²) in [5.41, 5.74) is 23.8. The number of aromatic amines is 1. The molecule has 0 atom stereocenters. The van der Waals surface area contributed by atoms with Crippen molar-refractivity contribution in [2.75, 3.05) is 43.8 Å². The number of rotatable bonds is 9. The van der Waals surface area contributed by atoms with Crippen molar-refractivity contribution in [3.63, 3.8) is 0 Å². The summed E-state index contributed by atoms with van der Waals surface area (Å²) in [7, 11) is 0. The van der Waals surface area contributed by atoms with E-state index >= 15 is 0 Å². The number of primary amides is 1. The van der Waals surface area contributed by atoms with E-state index in [9.17, 15) is 62.3 Å². The fraction of sp³-hybridized carbons (Fsp3) is 0.462. The zero-order valence-electron chi connectivity index (χ0n) is 77.6. The molecular weight excluding hydrogens is 1930 g/mol. The molecule has 9 aromatic heterocycles. The summed E-state index contributed by atoms with van der Waals surface area (Å²) in [5, 5.41) is 26.3. The van der Waals surface area contributed by atoms with Crippen LogP contribution in [0.5, 0.6) is 0 Å². The molecular formula is C91H116Br2Cl2N26O15. The maximum absolute atomic E-state index is 13.4. The van der Waals surface area contributed by atoms with E-state index in [1.165, 1.54) is 50.3 Å². The van der Waals surface area contributed by atoms with Crippen molar-refractivity contribution >= 4 is 168 Å². The first-order chi connectivity index (χ1) is 63.4. The molecule has 41 nitrogen and oxygen atoms in total. The highest BCUT2D eigenvalue weighted by atomic mass is 79.9. The lowest BCUT2D eigenvalue weighted by Crippen LogP contribution is -2.48. The largest absolute Gasteiger partial charge is 0.444 e. The van der Waals surface area contributed by atoms with Crippen LogP contribution in [0, 0.1) is 34.6 Å². The van der Waals surface area contributed by atoms with Gasteiger partial charge in [0.1, 0.15) is 157 Å². The molecule has 9 aliphatic rings. The van der Waals surface area contributed by atoms with Gasteiger partial charge in [0.05, 0.1) is 8.95 Å². The number of nitrogens with one attached hydrogen (secondary N) is 10. The molecule has 9 aromatic rings. The minimum atomic E-state index is -0.667. The van der Waals surface area contributed by atoms with Crippen molar-refractivity contribution in [1.82, 2.24) is 84.4 Å². The summed E-state index contributed by atoms with van der Waals surface area (Å²) in [6, 6.07) is 14.4. The van der Waals surface area contributed by atoms with Gasteiger partial charge in [-0.2, -0.15) is 0 Å². The molecule has 0 unspecified atom stereocenters. The molecule has 4 spiro atoms. The van der Waals surface area contributed by atoms with Gasteiger partial charge in [-0.25, -0.2) is 49.5 Å². The number of aryl methyl sites for hydroxylation is 5. The number of aromatic nitrogens is 13. The Balaban J connectivity index is 0.000000169. The standard InChI is InChI=1S/C22H28N6O4.2C17H20N6O2.C13H15BrN2O2.C9H14N4O2.C7H7BrN2O2.C6H10O.2ClH/c1-13-10-14(19(30)28-17(13)18(29)27-22(28)8-6-5-7-9-22)25-15-11-16(24-12-23-15)26-20(31)32-21(2,3)4;2*1-10-7-11(21-13-8-12(18)19-9-20-13)16(25)23-14(10)15(24)22-17(23)5-3-2-4-6-17;1-8-7-9(14)12(18)16-10(8)11(17)15-13(16)5-3-2-4-6-13;1-9(2,3)15-8(14)13-7-4-6(10)11-5-12-7;1-3-2-4(8)7(12)10-5(3)6(9)11;7-6-4-2-1-3-5-6;;/h10-12H,5-9H2,1-4H3,(H,27,29)(H2,23,24,25,26,31);2*7-9H,2-6H2,1H3,(H,22,24)(H3,18,19,20,21);7H,2-6H2,1H3,(H,15,17);4-5H,1-3H3,(H3,10,11,12,13,14);2H,1H3,(H2,9,11)(H,10,12);1-5H2;2*1H. The van der Waals surface area contributed by atoms with E-state index in [2.05, 4.69) is 125 Å². The Morgan fingerprint density at radius 1 is 0.368 bits per heavy atom. The molecule has 18 N–H and O–H groups in total. The number of hydrogen-bond donors (Lipinski definition) is 14. The number of ketones is 1. The summed E-state index contributed by atoms with van der Waals surface area (Å²) in [4.78, 5) is 191. The number of nitrogens with two attached hydrogens (primary N) is 4. The molecule has 0 radical (unpaired) electrons. The quantitative estimate of drug-likeness (QED) is 0.0638. The third kappa shape index (κ3) is 24.8. The second kappa shape index (κ2) is 44.2. The lowest BCUT2D eigenvalue weighted by molar-refractivity contribution is -0.120. The van der Waals surface area contributed by atoms with E-state index in [0.29, 0.717) is 101 Å². The van der Waals surface area contributed by atoms with Crippen LogP contribution in [0.15, 0.2) is 113 Å². The first kappa shape index (κ1) is 105. The number of carbonyl (C=O) groups excluding carboxylic acids is 8. The zero-order valence-corrected chi connectivity index (χ0v) is 82.4. The highest BCUT2D eigenvalue weighted by molar-refractivity contribution is 9.10. The number of amides is 7. The van der Waals surface area contributed by atoms with Gasteiger partial charge in [-0.3, -0.25) is 81.6 Å². The number of carbonyl (C=O) groups is 8. The van der Waals surface area contributed by atoms with Gasteiger partial charge >= 0.3 is 12.2 Å². The van der Waals surface area contributed by atoms with Crippen LogP contribution in [-0.2, 0) is 36.9 Å². The smallest absolute Gasteiger partial charge is 0.413 e. The van der Waals surface area contributed by atoms with Gasteiger partial charge in [0, 0.05) is 37.1 Å². The molecule has 0 bridgehead atoms. The van der Waals surface area contributed by atoms with Crippen molar-refractivity contribution in [2.45, 2.75) is 271 Å². The van der Waals surface area contributed by atoms with Crippen molar-refractivity contribution in [2.24, 2.45) is 5.73 Å². The van der Waals surface area contributed by atoms with Crippen molar-refractivity contribution in [1.29, 1.82) is 0 Å². The molecule has 0 aromatic carbocycles. The highest BCUT2D eigenvalue weighted by Crippen LogP contribution is 2.43. The molecule has 0 saturated heterocycles. The maximum Gasteiger partial charge on any atom is 0.413 e. The number of fused-ring (bicyclic) bond motifs is 8. The number of nitrogen functional groups attached to an aromatic ring is 3. The third-order valence-electron chi connectivity index (χ3n) is 23.8. The molecule has 5 aliphatic carbocycles. The highest BCUT2D eigenvalue weighted by Gasteiger charge is 2.50. The fourth-order valence-corrected chi connectivity index (χ4v) is 19.0. The van der Waals surface area contributed by atoms with Crippen LogP contribution in [0.2, 0.25) is 0 Å². The lowest BCUT2D eigenvalue weighted by atomic mass is 9.89. The number of H-pyrrole nitrogens is 1. The first-order valence-corrected chi connectivity index (χ1v) is 46.1. The molecule has 18 rings (SSSR count). The van der Waals surface area contributed by atoms with Crippen LogP contribution in [0.3, 0.4) is 0 Å². The summed E-state index contributed by atoms with van der Waals surface area (Å²) >= 11 is 6.33. The summed E-state index contributed by atoms with van der Waals surface area (Å²) in [5.74, 6) is 1.86. The predicted molar refractivity (Wildman–Crippen MR) is 525 cm³/mol. The van der Waals surface area contributed by atoms with E-state index in [-0.39, 0.29) is 93.6 Å². The average Bonchev–Trinajstić information content (AvgIpc) is 1.60. The molecule has 13 heterocycles. The topological polar surface area (TPSA) is 591 Å². The summed E-state index contributed by atoms with van der Waals surface area (Å²) in [6.07, 6.45) is 28.0. The van der Waals surface area contributed by atoms with Crippen molar-refractivity contribution in [3.05, 3.63) is 197 Å². The molecule has 45 heteroatoms. The van der Waals surface area contributed by atoms with Crippen LogP contribution in [0.1, 0.15) is 282 Å². The first-order valence-electron chi connectivity index (χ1n) is 44.5. The number of hydrogen-bond acceptors (Lipinski definition) is 29. The van der Waals surface area contributed by atoms with Crippen LogP contribution < -0.4 is 98.6 Å². The van der Waals surface area contributed by atoms with Gasteiger partial charge in [0.25, 0.3) is 57.3 Å². The minimum absolute atomic E-state index is 0. The average molecular weight is 2040 g/mol. The Morgan fingerprint density at radius 2 is 0.640 bits per heavy atom. The maximum atomic E-state index is 13.4. The van der Waals surface area contributed by atoms with Gasteiger partial charge in [-0.1, -0.05) is 32.1 Å². The lowest BCUT2D eigenvalue weighted by Gasteiger charge is -2.35. The number of pyridine rings is 5. The van der Waals surface area contributed by atoms with E-state index in [4.69, 9.17) is 32.4 Å². The van der Waals surface area contributed by atoms with E-state index in [1.807, 2.05) is 27.7 Å². The van der Waals surface area contributed by atoms with Gasteiger partial charge in [-0.05, 0) is 282 Å². The third-order valence-corrected chi connectivity index (χ3v) is 25.0. The second-order valence-electron chi connectivity index (χ2n) is 36.4. The van der Waals surface area contributed by atoms with Crippen molar-refractivity contribution in [3.8, 4) is 0 Å². The minimum Gasteiger partial charge on any atom is -0.444 e. The second-order valence-corrected chi connectivity index (χ2v) is 38.1. The fourth-order valence-electron chi connectivity index (χ4n) is 18.1. The Bertz CT molecular complexity index is 6200. The van der Waals surface area contributed by atoms with E-state index in [1.54, 1.807) is 109 Å². The van der Waals surface area contributed by atoms with Crippen LogP contribution in [0.4, 0.5) is 73.2 Å². The number of anilines is 11. The van der Waals surface area contributed by atoms with Gasteiger partial charge in [0.15, 0.2) is 0 Å². The van der Waals surface area contributed by atoms with Gasteiger partial charge in [-0.15, -0.1) is 24.8 Å². The molecule has 5 fully saturated rings. The van der Waals surface area contributed by atoms with Crippen LogP contribution in [-0.4, -0.2) is 122 Å². The Hall–Kier alpha value is -13.0. The zero-order chi connectivity index (χ0) is 97.1. The number of ether oxygens (including phenoxy) is 2. The molecule has 7 amide bonds. The number of halogens is 4. The predicted octanol–water partition coefficient (Wildman–Crippen LogP) is 13.3. The van der Waals surface area contributed by atoms with Crippen LogP contribution in [0.25, 0.3) is 0 Å². The van der Waals surface area contributed by atoms with Gasteiger partial charge < -0.3 is 74.6 Å².